The summed E-state index contributed by atoms with van der Waals surface area (Å²) in [6.45, 7) is 0.652. The summed E-state index contributed by atoms with van der Waals surface area (Å²) in [6, 6.07) is 11.8. The number of halogens is 2. The molecule has 7 heteroatoms. The van der Waals surface area contributed by atoms with Crippen molar-refractivity contribution in [3.63, 3.8) is 0 Å². The third-order valence-corrected chi connectivity index (χ3v) is 8.07. The van der Waals surface area contributed by atoms with Crippen LogP contribution in [0.1, 0.15) is 36.8 Å². The molecule has 30 heavy (non-hydrogen) atoms. The monoisotopic (exact) mass is 444 g/mol. The molecule has 0 N–H and O–H groups in total. The molecule has 156 valence electrons. The SMILES string of the molecule is O=C(C1CCCC1)N1CCS[C@@]12C(=O)N(Cc1ccccc1F)c1ccc(Cl)cc12. The Bertz CT molecular complexity index is 1030. The van der Waals surface area contributed by atoms with Gasteiger partial charge in [-0.05, 0) is 37.1 Å². The van der Waals surface area contributed by atoms with Crippen LogP contribution in [0.4, 0.5) is 10.1 Å². The Morgan fingerprint density at radius 1 is 1.20 bits per heavy atom. The van der Waals surface area contributed by atoms with E-state index in [1.807, 2.05) is 6.07 Å². The van der Waals surface area contributed by atoms with Crippen LogP contribution in [0.2, 0.25) is 5.02 Å². The van der Waals surface area contributed by atoms with Crippen molar-refractivity contribution < 1.29 is 14.0 Å². The average Bonchev–Trinajstić information content (AvgIpc) is 3.47. The molecule has 2 fully saturated rings. The number of thioether (sulfide) groups is 1. The van der Waals surface area contributed by atoms with Crippen molar-refractivity contribution in [3.05, 3.63) is 64.4 Å². The van der Waals surface area contributed by atoms with E-state index < -0.39 is 4.87 Å². The van der Waals surface area contributed by atoms with Gasteiger partial charge in [0.05, 0.1) is 12.2 Å². The van der Waals surface area contributed by atoms with Gasteiger partial charge in [0, 0.05) is 34.4 Å². The first-order chi connectivity index (χ1) is 14.5. The summed E-state index contributed by atoms with van der Waals surface area (Å²) in [5.74, 6) is 0.196. The molecular weight excluding hydrogens is 423 g/mol. The summed E-state index contributed by atoms with van der Waals surface area (Å²) in [4.78, 5) is 29.6. The molecule has 1 atom stereocenters. The zero-order chi connectivity index (χ0) is 20.9. The highest BCUT2D eigenvalue weighted by Gasteiger charge is 2.60. The van der Waals surface area contributed by atoms with E-state index in [1.165, 1.54) is 17.8 Å². The van der Waals surface area contributed by atoms with Crippen molar-refractivity contribution in [2.24, 2.45) is 5.92 Å². The van der Waals surface area contributed by atoms with Gasteiger partial charge in [-0.3, -0.25) is 9.59 Å². The Morgan fingerprint density at radius 3 is 2.73 bits per heavy atom. The van der Waals surface area contributed by atoms with Gasteiger partial charge in [0.15, 0.2) is 4.87 Å². The molecule has 1 spiro atoms. The fraction of sp³-hybridized carbons (Fsp3) is 0.391. The lowest BCUT2D eigenvalue weighted by atomic mass is 10.0. The first-order valence-electron chi connectivity index (χ1n) is 10.3. The maximum Gasteiger partial charge on any atom is 0.268 e. The highest BCUT2D eigenvalue weighted by molar-refractivity contribution is 8.01. The maximum absolute atomic E-state index is 14.4. The lowest BCUT2D eigenvalue weighted by Gasteiger charge is -2.35. The van der Waals surface area contributed by atoms with Crippen LogP contribution in [-0.2, 0) is 21.0 Å². The fourth-order valence-electron chi connectivity index (χ4n) is 4.96. The van der Waals surface area contributed by atoms with Crippen molar-refractivity contribution in [1.82, 2.24) is 4.90 Å². The average molecular weight is 445 g/mol. The van der Waals surface area contributed by atoms with Crippen LogP contribution >= 0.6 is 23.4 Å². The minimum Gasteiger partial charge on any atom is -0.315 e. The molecule has 2 heterocycles. The molecule has 3 aliphatic rings. The van der Waals surface area contributed by atoms with Gasteiger partial charge in [0.1, 0.15) is 5.82 Å². The number of amides is 2. The molecule has 1 saturated heterocycles. The highest BCUT2D eigenvalue weighted by Crippen LogP contribution is 2.55. The molecule has 2 aliphatic heterocycles. The highest BCUT2D eigenvalue weighted by atomic mass is 35.5. The topological polar surface area (TPSA) is 40.6 Å². The Kier molecular flexibility index (Phi) is 5.02. The number of hydrogen-bond acceptors (Lipinski definition) is 3. The molecule has 1 saturated carbocycles. The summed E-state index contributed by atoms with van der Waals surface area (Å²) in [6.07, 6.45) is 3.87. The minimum absolute atomic E-state index is 0.0170. The Balaban J connectivity index is 1.59. The molecule has 2 aromatic carbocycles. The molecule has 5 rings (SSSR count). The zero-order valence-corrected chi connectivity index (χ0v) is 18.0. The number of fused-ring (bicyclic) bond motifs is 2. The van der Waals surface area contributed by atoms with Crippen LogP contribution in [0.15, 0.2) is 42.5 Å². The Labute approximate surface area is 184 Å². The molecular formula is C23H22ClFN2O2S. The normalized spacial score (nSPS) is 23.6. The van der Waals surface area contributed by atoms with Gasteiger partial charge in [-0.2, -0.15) is 0 Å². The van der Waals surface area contributed by atoms with Crippen molar-refractivity contribution in [3.8, 4) is 0 Å². The van der Waals surface area contributed by atoms with Crippen molar-refractivity contribution in [2.45, 2.75) is 37.1 Å². The molecule has 0 unspecified atom stereocenters. The number of anilines is 1. The van der Waals surface area contributed by atoms with E-state index in [-0.39, 0.29) is 30.1 Å². The third-order valence-electron chi connectivity index (χ3n) is 6.41. The largest absolute Gasteiger partial charge is 0.315 e. The molecule has 4 nitrogen and oxygen atoms in total. The summed E-state index contributed by atoms with van der Waals surface area (Å²) in [7, 11) is 0. The summed E-state index contributed by atoms with van der Waals surface area (Å²) >= 11 is 7.80. The van der Waals surface area contributed by atoms with Crippen LogP contribution in [0.5, 0.6) is 0 Å². The lowest BCUT2D eigenvalue weighted by molar-refractivity contribution is -0.143. The van der Waals surface area contributed by atoms with Crippen LogP contribution in [-0.4, -0.2) is 29.0 Å². The standard InChI is InChI=1S/C23H22ClFN2O2S/c24-17-9-10-20-18(13-17)23(22(29)26(20)14-16-7-3-4-8-19(16)25)27(11-12-30-23)21(28)15-5-1-2-6-15/h3-4,7-10,13,15H,1-2,5-6,11-12,14H2/t23-/m0/s1. The molecule has 0 radical (unpaired) electrons. The predicted octanol–water partition coefficient (Wildman–Crippen LogP) is 4.94. The second kappa shape index (κ2) is 7.57. The van der Waals surface area contributed by atoms with Crippen LogP contribution < -0.4 is 4.90 Å². The number of carbonyl (C=O) groups excluding carboxylic acids is 2. The summed E-state index contributed by atoms with van der Waals surface area (Å²) in [5, 5.41) is 0.523. The number of carbonyl (C=O) groups is 2. The van der Waals surface area contributed by atoms with Gasteiger partial charge in [0.2, 0.25) is 5.91 Å². The lowest BCUT2D eigenvalue weighted by Crippen LogP contribution is -2.51. The van der Waals surface area contributed by atoms with Gasteiger partial charge in [0.25, 0.3) is 5.91 Å². The number of hydrogen-bond donors (Lipinski definition) is 0. The van der Waals surface area contributed by atoms with Gasteiger partial charge < -0.3 is 9.80 Å². The number of benzene rings is 2. The maximum atomic E-state index is 14.4. The van der Waals surface area contributed by atoms with Crippen molar-refractivity contribution in [1.29, 1.82) is 0 Å². The molecule has 1 aliphatic carbocycles. The van der Waals surface area contributed by atoms with Gasteiger partial charge >= 0.3 is 0 Å². The molecule has 0 bridgehead atoms. The summed E-state index contributed by atoms with van der Waals surface area (Å²) in [5.41, 5.74) is 1.89. The van der Waals surface area contributed by atoms with E-state index in [1.54, 1.807) is 40.1 Å². The fourth-order valence-corrected chi connectivity index (χ4v) is 6.59. The second-order valence-electron chi connectivity index (χ2n) is 8.11. The Hall–Kier alpha value is -2.05. The number of nitrogens with zero attached hydrogens (tertiary/aromatic N) is 2. The van der Waals surface area contributed by atoms with Gasteiger partial charge in [-0.1, -0.05) is 42.6 Å². The molecule has 2 aromatic rings. The van der Waals surface area contributed by atoms with E-state index in [4.69, 9.17) is 11.6 Å². The number of rotatable bonds is 3. The predicted molar refractivity (Wildman–Crippen MR) is 117 cm³/mol. The zero-order valence-electron chi connectivity index (χ0n) is 16.4. The van der Waals surface area contributed by atoms with E-state index in [0.29, 0.717) is 28.6 Å². The molecule has 2 amide bonds. The van der Waals surface area contributed by atoms with Crippen LogP contribution in [0.25, 0.3) is 0 Å². The van der Waals surface area contributed by atoms with Crippen molar-refractivity contribution in [2.75, 3.05) is 17.2 Å². The quantitative estimate of drug-likeness (QED) is 0.673. The van der Waals surface area contributed by atoms with Crippen LogP contribution in [0, 0.1) is 11.7 Å². The second-order valence-corrected chi connectivity index (χ2v) is 9.83. The van der Waals surface area contributed by atoms with E-state index in [9.17, 15) is 14.0 Å². The van der Waals surface area contributed by atoms with E-state index in [0.717, 1.165) is 31.2 Å². The van der Waals surface area contributed by atoms with Crippen molar-refractivity contribution >= 4 is 40.9 Å². The van der Waals surface area contributed by atoms with Gasteiger partial charge in [-0.25, -0.2) is 4.39 Å². The molecule has 0 aromatic heterocycles. The van der Waals surface area contributed by atoms with Gasteiger partial charge in [-0.15, -0.1) is 11.8 Å². The first kappa shape index (κ1) is 19.9. The smallest absolute Gasteiger partial charge is 0.268 e. The minimum atomic E-state index is -1.11. The first-order valence-corrected chi connectivity index (χ1v) is 11.7. The Morgan fingerprint density at radius 2 is 1.97 bits per heavy atom. The van der Waals surface area contributed by atoms with E-state index >= 15 is 0 Å². The van der Waals surface area contributed by atoms with E-state index in [2.05, 4.69) is 0 Å². The van der Waals surface area contributed by atoms with Crippen LogP contribution in [0.3, 0.4) is 0 Å². The third kappa shape index (κ3) is 2.95. The summed E-state index contributed by atoms with van der Waals surface area (Å²) < 4.78 is 14.4.